The van der Waals surface area contributed by atoms with E-state index in [4.69, 9.17) is 26.6 Å². The fourth-order valence-corrected chi connectivity index (χ4v) is 0.354. The monoisotopic (exact) mass is 376 g/mol. The summed E-state index contributed by atoms with van der Waals surface area (Å²) in [4.78, 5) is 0. The summed E-state index contributed by atoms with van der Waals surface area (Å²) in [5.74, 6) is 0. The molecular formula is C6H16O6S4Zn. The number of hydrogen-bond donors (Lipinski definition) is 4. The smallest absolute Gasteiger partial charge is 0.343 e. The summed E-state index contributed by atoms with van der Waals surface area (Å²) in [6.07, 6.45) is 4.61. The standard InChI is InChI=1S/C6H12.2H2O3S2.Zn/c1-3-5-6-4-2;2*1-5(2,3)4;/h1-6H2;2*(H2,1,2,3,4);/q-2;;;+2. The summed E-state index contributed by atoms with van der Waals surface area (Å²) in [6, 6.07) is 0. The zero-order valence-corrected chi connectivity index (χ0v) is 15.4. The van der Waals surface area contributed by atoms with Crippen LogP contribution < -0.4 is 0 Å². The molecule has 0 rings (SSSR count). The van der Waals surface area contributed by atoms with Crippen molar-refractivity contribution in [2.75, 3.05) is 0 Å². The first-order valence-corrected chi connectivity index (χ1v) is 8.69. The molecule has 0 saturated heterocycles. The van der Waals surface area contributed by atoms with Gasteiger partial charge in [0.15, 0.2) is 0 Å². The molecule has 0 heterocycles. The minimum absolute atomic E-state index is 0. The van der Waals surface area contributed by atoms with Gasteiger partial charge in [-0.05, 0) is 0 Å². The van der Waals surface area contributed by atoms with Gasteiger partial charge in [0.1, 0.15) is 0 Å². The normalized spacial score (nSPS) is 10.0. The van der Waals surface area contributed by atoms with Crippen molar-refractivity contribution in [1.82, 2.24) is 0 Å². The molecule has 0 bridgehead atoms. The van der Waals surface area contributed by atoms with E-state index in [1.807, 2.05) is 0 Å². The van der Waals surface area contributed by atoms with Crippen LogP contribution in [0.25, 0.3) is 0 Å². The number of rotatable bonds is 3. The van der Waals surface area contributed by atoms with Crippen LogP contribution in [0.3, 0.4) is 0 Å². The van der Waals surface area contributed by atoms with Crippen molar-refractivity contribution in [2.24, 2.45) is 0 Å². The quantitative estimate of drug-likeness (QED) is 0.333. The summed E-state index contributed by atoms with van der Waals surface area (Å²) in [7, 11) is -7.67. The molecule has 0 amide bonds. The third kappa shape index (κ3) is 225. The van der Waals surface area contributed by atoms with Crippen LogP contribution in [-0.4, -0.2) is 26.6 Å². The molecule has 0 aromatic rings. The molecule has 0 radical (unpaired) electrons. The van der Waals surface area contributed by atoms with Crippen LogP contribution in [0.4, 0.5) is 0 Å². The van der Waals surface area contributed by atoms with Crippen molar-refractivity contribution >= 4 is 40.5 Å². The Hall–Kier alpha value is 1.20. The second kappa shape index (κ2) is 15.3. The molecule has 0 spiro atoms. The van der Waals surface area contributed by atoms with Gasteiger partial charge in [-0.1, -0.05) is 12.8 Å². The molecule has 0 unspecified atom stereocenters. The van der Waals surface area contributed by atoms with Crippen LogP contribution in [0.1, 0.15) is 25.7 Å². The fraction of sp³-hybridized carbons (Fsp3) is 0.667. The Balaban J connectivity index is -0.0000000729. The Kier molecular flexibility index (Phi) is 24.0. The Bertz CT molecular complexity index is 274. The average Bonchev–Trinajstić information content (AvgIpc) is 1.94. The summed E-state index contributed by atoms with van der Waals surface area (Å²) < 4.78 is 47.9. The fourth-order valence-electron chi connectivity index (χ4n) is 0.354. The van der Waals surface area contributed by atoms with E-state index < -0.39 is 18.1 Å². The van der Waals surface area contributed by atoms with E-state index in [1.165, 1.54) is 12.8 Å². The minimum Gasteiger partial charge on any atom is -0.343 e. The van der Waals surface area contributed by atoms with E-state index in [-0.39, 0.29) is 19.5 Å². The summed E-state index contributed by atoms with van der Waals surface area (Å²) >= 11 is 6.93. The van der Waals surface area contributed by atoms with Gasteiger partial charge in [-0.3, -0.25) is 18.2 Å². The van der Waals surface area contributed by atoms with E-state index in [9.17, 15) is 0 Å². The molecule has 0 fully saturated rings. The number of hydrogen-bond acceptors (Lipinski definition) is 4. The molecule has 11 heteroatoms. The van der Waals surface area contributed by atoms with Crippen LogP contribution in [0.2, 0.25) is 0 Å². The largest absolute Gasteiger partial charge is 2.00 e. The van der Waals surface area contributed by atoms with Gasteiger partial charge < -0.3 is 13.8 Å². The predicted molar refractivity (Wildman–Crippen MR) is 70.7 cm³/mol. The van der Waals surface area contributed by atoms with Gasteiger partial charge in [0.2, 0.25) is 0 Å². The molecule has 102 valence electrons. The second-order valence-electron chi connectivity index (χ2n) is 2.31. The van der Waals surface area contributed by atoms with Gasteiger partial charge in [0, 0.05) is 22.4 Å². The van der Waals surface area contributed by atoms with E-state index in [1.54, 1.807) is 0 Å². The molecule has 6 nitrogen and oxygen atoms in total. The summed E-state index contributed by atoms with van der Waals surface area (Å²) in [5, 5.41) is 0. The molecule has 0 atom stereocenters. The zero-order valence-electron chi connectivity index (χ0n) is 9.19. The third-order valence-corrected chi connectivity index (χ3v) is 0.750. The molecule has 4 N–H and O–H groups in total. The Morgan fingerprint density at radius 2 is 0.941 bits per heavy atom. The van der Waals surface area contributed by atoms with Crippen molar-refractivity contribution in [3.8, 4) is 0 Å². The average molecular weight is 378 g/mol. The molecule has 0 aromatic heterocycles. The topological polar surface area (TPSA) is 115 Å². The molecular weight excluding hydrogens is 362 g/mol. The zero-order chi connectivity index (χ0) is 13.8. The molecule has 0 aliphatic rings. The van der Waals surface area contributed by atoms with Crippen molar-refractivity contribution in [1.29, 1.82) is 0 Å². The van der Waals surface area contributed by atoms with Crippen molar-refractivity contribution in [3.05, 3.63) is 13.8 Å². The molecule has 17 heavy (non-hydrogen) atoms. The van der Waals surface area contributed by atoms with Crippen LogP contribution in [0, 0.1) is 13.8 Å². The predicted octanol–water partition coefficient (Wildman–Crippen LogP) is 1.57. The Morgan fingerprint density at radius 1 is 0.824 bits per heavy atom. The summed E-state index contributed by atoms with van der Waals surface area (Å²) in [5.41, 5.74) is 0. The molecule has 0 saturated carbocycles. The van der Waals surface area contributed by atoms with Crippen LogP contribution in [-0.2, 0) is 60.0 Å². The van der Waals surface area contributed by atoms with Crippen molar-refractivity contribution in [2.45, 2.75) is 25.7 Å². The van der Waals surface area contributed by atoms with Crippen LogP contribution >= 0.6 is 0 Å². The van der Waals surface area contributed by atoms with Crippen molar-refractivity contribution < 1.29 is 46.1 Å². The van der Waals surface area contributed by atoms with Gasteiger partial charge in [-0.2, -0.15) is 21.3 Å². The Morgan fingerprint density at radius 3 is 1.00 bits per heavy atom. The second-order valence-corrected chi connectivity index (χ2v) is 6.71. The van der Waals surface area contributed by atoms with Gasteiger partial charge in [-0.15, -0.1) is 0 Å². The van der Waals surface area contributed by atoms with Gasteiger partial charge >= 0.3 is 19.5 Å². The summed E-state index contributed by atoms with van der Waals surface area (Å²) in [6.45, 7) is 7.39. The van der Waals surface area contributed by atoms with Gasteiger partial charge in [-0.25, -0.2) is 0 Å². The van der Waals surface area contributed by atoms with Gasteiger partial charge in [0.05, 0.1) is 0 Å². The molecule has 0 aromatic carbocycles. The van der Waals surface area contributed by atoms with E-state index >= 15 is 0 Å². The maximum atomic E-state index is 9.11. The third-order valence-electron chi connectivity index (χ3n) is 0.750. The minimum atomic E-state index is -3.83. The maximum Gasteiger partial charge on any atom is 2.00 e. The molecule has 0 aliphatic carbocycles. The molecule has 0 aliphatic heterocycles. The first kappa shape index (κ1) is 26.7. The van der Waals surface area contributed by atoms with E-state index in [0.29, 0.717) is 0 Å². The van der Waals surface area contributed by atoms with Crippen LogP contribution in [0.5, 0.6) is 0 Å². The van der Waals surface area contributed by atoms with E-state index in [2.05, 4.69) is 36.2 Å². The first-order chi connectivity index (χ1) is 6.91. The van der Waals surface area contributed by atoms with Gasteiger partial charge in [0.25, 0.3) is 18.1 Å². The first-order valence-electron chi connectivity index (χ1n) is 3.90. The SMILES string of the molecule is O=S(O)(O)=S.O=S(O)(O)=S.[CH2-]CCCC[CH2-].[Zn+2]. The van der Waals surface area contributed by atoms with E-state index in [0.717, 1.165) is 12.8 Å². The van der Waals surface area contributed by atoms with Crippen molar-refractivity contribution in [3.63, 3.8) is 0 Å². The number of unbranched alkanes of at least 4 members (excludes halogenated alkanes) is 3. The van der Waals surface area contributed by atoms with Crippen LogP contribution in [0.15, 0.2) is 0 Å². The Labute approximate surface area is 125 Å². The maximum absolute atomic E-state index is 9.11.